The molecule has 2 aromatic rings. The lowest BCUT2D eigenvalue weighted by atomic mass is 10.2. The van der Waals surface area contributed by atoms with Gasteiger partial charge in [0.1, 0.15) is 5.82 Å². The second-order valence-corrected chi connectivity index (χ2v) is 4.49. The zero-order chi connectivity index (χ0) is 13.8. The van der Waals surface area contributed by atoms with Crippen molar-refractivity contribution in [1.82, 2.24) is 9.97 Å². The molecule has 0 bridgehead atoms. The molecular formula is C15H20N4. The molecule has 0 aliphatic rings. The minimum Gasteiger partial charge on any atom is -0.399 e. The van der Waals surface area contributed by atoms with E-state index in [1.165, 1.54) is 0 Å². The van der Waals surface area contributed by atoms with Gasteiger partial charge in [0.25, 0.3) is 0 Å². The Morgan fingerprint density at radius 2 is 1.84 bits per heavy atom. The lowest BCUT2D eigenvalue weighted by Gasteiger charge is -2.20. The fraction of sp³-hybridized carbons (Fsp3) is 0.333. The summed E-state index contributed by atoms with van der Waals surface area (Å²) in [6.45, 7) is 8.11. The Hall–Kier alpha value is -2.10. The molecule has 0 aliphatic carbocycles. The van der Waals surface area contributed by atoms with Crippen LogP contribution in [-0.4, -0.2) is 23.1 Å². The molecule has 0 radical (unpaired) electrons. The number of benzene rings is 1. The number of hydrogen-bond donors (Lipinski definition) is 1. The van der Waals surface area contributed by atoms with Gasteiger partial charge in [-0.15, -0.1) is 0 Å². The molecule has 0 atom stereocenters. The predicted molar refractivity (Wildman–Crippen MR) is 80.2 cm³/mol. The van der Waals surface area contributed by atoms with Gasteiger partial charge in [0, 0.05) is 36.1 Å². The summed E-state index contributed by atoms with van der Waals surface area (Å²) in [6.07, 6.45) is 0. The van der Waals surface area contributed by atoms with Crippen LogP contribution in [0.5, 0.6) is 0 Å². The van der Waals surface area contributed by atoms with Crippen LogP contribution in [0.15, 0.2) is 30.3 Å². The van der Waals surface area contributed by atoms with Crippen LogP contribution in [0.3, 0.4) is 0 Å². The summed E-state index contributed by atoms with van der Waals surface area (Å²) < 4.78 is 0. The van der Waals surface area contributed by atoms with Gasteiger partial charge in [-0.25, -0.2) is 9.97 Å². The van der Waals surface area contributed by atoms with Gasteiger partial charge in [-0.1, -0.05) is 12.1 Å². The molecule has 100 valence electrons. The molecule has 0 unspecified atom stereocenters. The van der Waals surface area contributed by atoms with Crippen molar-refractivity contribution in [3.05, 3.63) is 36.0 Å². The molecule has 0 aliphatic heterocycles. The Balaban J connectivity index is 2.47. The largest absolute Gasteiger partial charge is 0.399 e. The molecule has 4 heteroatoms. The van der Waals surface area contributed by atoms with Gasteiger partial charge in [-0.05, 0) is 32.9 Å². The topological polar surface area (TPSA) is 55.0 Å². The normalized spacial score (nSPS) is 10.5. The standard InChI is InChI=1S/C15H20N4/c1-4-19(5-2)14-9-11(3)17-15(18-14)12-7-6-8-13(16)10-12/h6-10H,4-5,16H2,1-3H3. The molecule has 1 aromatic carbocycles. The maximum atomic E-state index is 5.82. The third-order valence-electron chi connectivity index (χ3n) is 3.07. The van der Waals surface area contributed by atoms with Crippen molar-refractivity contribution in [3.8, 4) is 11.4 Å². The van der Waals surface area contributed by atoms with Crippen LogP contribution >= 0.6 is 0 Å². The first kappa shape index (κ1) is 13.3. The molecule has 0 amide bonds. The van der Waals surface area contributed by atoms with E-state index in [0.717, 1.165) is 41.7 Å². The summed E-state index contributed by atoms with van der Waals surface area (Å²) in [5.41, 5.74) is 8.47. The average molecular weight is 256 g/mol. The van der Waals surface area contributed by atoms with E-state index in [9.17, 15) is 0 Å². The van der Waals surface area contributed by atoms with E-state index in [0.29, 0.717) is 0 Å². The second-order valence-electron chi connectivity index (χ2n) is 4.49. The molecule has 1 heterocycles. The quantitative estimate of drug-likeness (QED) is 0.855. The average Bonchev–Trinajstić information content (AvgIpc) is 2.39. The summed E-state index contributed by atoms with van der Waals surface area (Å²) >= 11 is 0. The minimum atomic E-state index is 0.729. The van der Waals surface area contributed by atoms with Crippen molar-refractivity contribution in [2.45, 2.75) is 20.8 Å². The highest BCUT2D eigenvalue weighted by Gasteiger charge is 2.09. The lowest BCUT2D eigenvalue weighted by Crippen LogP contribution is -2.23. The van der Waals surface area contributed by atoms with Gasteiger partial charge in [0.05, 0.1) is 0 Å². The second kappa shape index (κ2) is 5.69. The number of nitrogens with two attached hydrogens (primary N) is 1. The molecule has 2 rings (SSSR count). The van der Waals surface area contributed by atoms with Crippen molar-refractivity contribution < 1.29 is 0 Å². The minimum absolute atomic E-state index is 0.729. The fourth-order valence-electron chi connectivity index (χ4n) is 2.07. The summed E-state index contributed by atoms with van der Waals surface area (Å²) in [7, 11) is 0. The van der Waals surface area contributed by atoms with Crippen LogP contribution in [0.25, 0.3) is 11.4 Å². The number of aromatic nitrogens is 2. The van der Waals surface area contributed by atoms with E-state index in [4.69, 9.17) is 5.73 Å². The van der Waals surface area contributed by atoms with Crippen molar-refractivity contribution >= 4 is 11.5 Å². The molecular weight excluding hydrogens is 236 g/mol. The number of rotatable bonds is 4. The molecule has 0 fully saturated rings. The summed E-state index contributed by atoms with van der Waals surface area (Å²) in [5, 5.41) is 0. The zero-order valence-electron chi connectivity index (χ0n) is 11.7. The fourth-order valence-corrected chi connectivity index (χ4v) is 2.07. The van der Waals surface area contributed by atoms with Gasteiger partial charge >= 0.3 is 0 Å². The Morgan fingerprint density at radius 3 is 2.47 bits per heavy atom. The van der Waals surface area contributed by atoms with Crippen molar-refractivity contribution in [1.29, 1.82) is 0 Å². The van der Waals surface area contributed by atoms with Crippen LogP contribution in [0.2, 0.25) is 0 Å². The van der Waals surface area contributed by atoms with E-state index >= 15 is 0 Å². The summed E-state index contributed by atoms with van der Waals surface area (Å²) in [6, 6.07) is 9.69. The molecule has 0 saturated carbocycles. The first-order valence-corrected chi connectivity index (χ1v) is 6.60. The van der Waals surface area contributed by atoms with Gasteiger partial charge in [-0.2, -0.15) is 0 Å². The summed E-state index contributed by atoms with van der Waals surface area (Å²) in [4.78, 5) is 11.4. The molecule has 4 nitrogen and oxygen atoms in total. The van der Waals surface area contributed by atoms with Crippen LogP contribution in [-0.2, 0) is 0 Å². The van der Waals surface area contributed by atoms with Crippen LogP contribution in [0.4, 0.5) is 11.5 Å². The number of nitrogen functional groups attached to an aromatic ring is 1. The highest BCUT2D eigenvalue weighted by atomic mass is 15.2. The van der Waals surface area contributed by atoms with E-state index < -0.39 is 0 Å². The maximum absolute atomic E-state index is 5.82. The van der Waals surface area contributed by atoms with E-state index in [1.807, 2.05) is 37.3 Å². The molecule has 19 heavy (non-hydrogen) atoms. The predicted octanol–water partition coefficient (Wildman–Crippen LogP) is 2.88. The third kappa shape index (κ3) is 3.02. The molecule has 1 aromatic heterocycles. The maximum Gasteiger partial charge on any atom is 0.161 e. The number of anilines is 2. The molecule has 0 spiro atoms. The van der Waals surface area contributed by atoms with Gasteiger partial charge in [-0.3, -0.25) is 0 Å². The van der Waals surface area contributed by atoms with Crippen molar-refractivity contribution in [3.63, 3.8) is 0 Å². The van der Waals surface area contributed by atoms with E-state index in [2.05, 4.69) is 28.7 Å². The van der Waals surface area contributed by atoms with E-state index in [1.54, 1.807) is 0 Å². The van der Waals surface area contributed by atoms with Crippen molar-refractivity contribution in [2.24, 2.45) is 0 Å². The molecule has 2 N–H and O–H groups in total. The van der Waals surface area contributed by atoms with Gasteiger partial charge in [0.15, 0.2) is 5.82 Å². The zero-order valence-corrected chi connectivity index (χ0v) is 11.7. The third-order valence-corrected chi connectivity index (χ3v) is 3.07. The number of aryl methyl sites for hydroxylation is 1. The number of nitrogens with zero attached hydrogens (tertiary/aromatic N) is 3. The molecule has 0 saturated heterocycles. The Labute approximate surface area is 114 Å². The van der Waals surface area contributed by atoms with Crippen LogP contribution in [0, 0.1) is 6.92 Å². The smallest absolute Gasteiger partial charge is 0.161 e. The monoisotopic (exact) mass is 256 g/mol. The van der Waals surface area contributed by atoms with E-state index in [-0.39, 0.29) is 0 Å². The number of hydrogen-bond acceptors (Lipinski definition) is 4. The highest BCUT2D eigenvalue weighted by Crippen LogP contribution is 2.21. The highest BCUT2D eigenvalue weighted by molar-refractivity contribution is 5.62. The van der Waals surface area contributed by atoms with Gasteiger partial charge < -0.3 is 10.6 Å². The Morgan fingerprint density at radius 1 is 1.11 bits per heavy atom. The van der Waals surface area contributed by atoms with Gasteiger partial charge in [0.2, 0.25) is 0 Å². The Kier molecular flexibility index (Phi) is 4.00. The summed E-state index contributed by atoms with van der Waals surface area (Å²) in [5.74, 6) is 1.70. The van der Waals surface area contributed by atoms with Crippen molar-refractivity contribution in [2.75, 3.05) is 23.7 Å². The first-order valence-electron chi connectivity index (χ1n) is 6.60. The lowest BCUT2D eigenvalue weighted by molar-refractivity contribution is 0.840. The Bertz CT molecular complexity index is 562. The van der Waals surface area contributed by atoms with Crippen LogP contribution < -0.4 is 10.6 Å². The first-order chi connectivity index (χ1) is 9.13. The van der Waals surface area contributed by atoms with Crippen LogP contribution in [0.1, 0.15) is 19.5 Å². The SMILES string of the molecule is CCN(CC)c1cc(C)nc(-c2cccc(N)c2)n1.